The topological polar surface area (TPSA) is 98.5 Å². The van der Waals surface area contributed by atoms with Crippen LogP contribution in [0.5, 0.6) is 0 Å². The SMILES string of the molecule is COC(=O)[C@@H](NC(=O)c1cccc([N+](=O)[O-])c1)C(c1ccccc1)c1ccccc1. The fourth-order valence-corrected chi connectivity index (χ4v) is 3.29. The summed E-state index contributed by atoms with van der Waals surface area (Å²) < 4.78 is 4.97. The first kappa shape index (κ1) is 20.7. The number of rotatable bonds is 7. The summed E-state index contributed by atoms with van der Waals surface area (Å²) in [5, 5.41) is 13.7. The van der Waals surface area contributed by atoms with Gasteiger partial charge in [0.1, 0.15) is 6.04 Å². The van der Waals surface area contributed by atoms with Crippen LogP contribution in [-0.4, -0.2) is 30.0 Å². The molecule has 1 N–H and O–H groups in total. The van der Waals surface area contributed by atoms with E-state index in [2.05, 4.69) is 5.32 Å². The minimum atomic E-state index is -1.04. The normalized spacial score (nSPS) is 11.5. The van der Waals surface area contributed by atoms with Crippen molar-refractivity contribution in [1.29, 1.82) is 0 Å². The molecule has 0 bridgehead atoms. The summed E-state index contributed by atoms with van der Waals surface area (Å²) in [5.74, 6) is -1.74. The van der Waals surface area contributed by atoms with Crippen LogP contribution in [0.2, 0.25) is 0 Å². The van der Waals surface area contributed by atoms with Crippen LogP contribution in [0.4, 0.5) is 5.69 Å². The van der Waals surface area contributed by atoms with Crippen LogP contribution < -0.4 is 5.32 Å². The first-order valence-electron chi connectivity index (χ1n) is 9.24. The second-order valence-corrected chi connectivity index (χ2v) is 6.58. The molecule has 0 saturated carbocycles. The molecular formula is C23H20N2O5. The molecule has 0 aliphatic heterocycles. The van der Waals surface area contributed by atoms with Gasteiger partial charge in [0.25, 0.3) is 11.6 Å². The number of esters is 1. The van der Waals surface area contributed by atoms with E-state index in [0.29, 0.717) is 0 Å². The van der Waals surface area contributed by atoms with Crippen molar-refractivity contribution in [2.45, 2.75) is 12.0 Å². The minimum Gasteiger partial charge on any atom is -0.467 e. The fraction of sp³-hybridized carbons (Fsp3) is 0.130. The van der Waals surface area contributed by atoms with Crippen LogP contribution in [0.3, 0.4) is 0 Å². The Morgan fingerprint density at radius 1 is 0.900 bits per heavy atom. The number of nitrogens with one attached hydrogen (secondary N) is 1. The van der Waals surface area contributed by atoms with E-state index in [1.807, 2.05) is 60.7 Å². The highest BCUT2D eigenvalue weighted by atomic mass is 16.6. The standard InChI is InChI=1S/C23H20N2O5/c1-30-23(27)21(24-22(26)18-13-8-14-19(15-18)25(28)29)20(16-9-4-2-5-10-16)17-11-6-3-7-12-17/h2-15,20-21H,1H3,(H,24,26)/t21-/m0/s1. The van der Waals surface area contributed by atoms with Gasteiger partial charge >= 0.3 is 5.97 Å². The maximum atomic E-state index is 12.9. The van der Waals surface area contributed by atoms with E-state index in [1.54, 1.807) is 0 Å². The lowest BCUT2D eigenvalue weighted by molar-refractivity contribution is -0.384. The van der Waals surface area contributed by atoms with Crippen molar-refractivity contribution >= 4 is 17.6 Å². The molecule has 0 unspecified atom stereocenters. The van der Waals surface area contributed by atoms with E-state index in [-0.39, 0.29) is 11.3 Å². The molecule has 3 aromatic rings. The van der Waals surface area contributed by atoms with Gasteiger partial charge in [-0.05, 0) is 17.2 Å². The second kappa shape index (κ2) is 9.47. The summed E-state index contributed by atoms with van der Waals surface area (Å²) in [4.78, 5) is 36.0. The molecule has 0 fully saturated rings. The van der Waals surface area contributed by atoms with E-state index in [1.165, 1.54) is 31.4 Å². The molecule has 3 rings (SSSR count). The maximum Gasteiger partial charge on any atom is 0.329 e. The molecule has 0 heterocycles. The predicted octanol–water partition coefficient (Wildman–Crippen LogP) is 3.70. The van der Waals surface area contributed by atoms with Crippen LogP contribution in [0.25, 0.3) is 0 Å². The molecule has 1 atom stereocenters. The molecule has 0 radical (unpaired) electrons. The second-order valence-electron chi connectivity index (χ2n) is 6.58. The highest BCUT2D eigenvalue weighted by Gasteiger charge is 2.33. The number of benzene rings is 3. The molecule has 1 amide bonds. The van der Waals surface area contributed by atoms with Crippen molar-refractivity contribution in [3.05, 3.63) is 112 Å². The number of methoxy groups -OCH3 is 1. The van der Waals surface area contributed by atoms with E-state index >= 15 is 0 Å². The average molecular weight is 404 g/mol. The van der Waals surface area contributed by atoms with Gasteiger partial charge in [0, 0.05) is 23.6 Å². The number of nitro benzene ring substituents is 1. The molecule has 7 nitrogen and oxygen atoms in total. The average Bonchev–Trinajstić information content (AvgIpc) is 2.79. The van der Waals surface area contributed by atoms with Crippen molar-refractivity contribution in [2.75, 3.05) is 7.11 Å². The van der Waals surface area contributed by atoms with Crippen molar-refractivity contribution < 1.29 is 19.2 Å². The smallest absolute Gasteiger partial charge is 0.329 e. The van der Waals surface area contributed by atoms with Gasteiger partial charge < -0.3 is 10.1 Å². The Morgan fingerprint density at radius 3 is 1.97 bits per heavy atom. The number of carbonyl (C=O) groups is 2. The first-order chi connectivity index (χ1) is 14.5. The number of hydrogen-bond donors (Lipinski definition) is 1. The molecule has 0 saturated heterocycles. The molecular weight excluding hydrogens is 384 g/mol. The highest BCUT2D eigenvalue weighted by molar-refractivity contribution is 5.97. The monoisotopic (exact) mass is 404 g/mol. The van der Waals surface area contributed by atoms with E-state index in [4.69, 9.17) is 4.74 Å². The van der Waals surface area contributed by atoms with Crippen LogP contribution >= 0.6 is 0 Å². The zero-order valence-electron chi connectivity index (χ0n) is 16.2. The van der Waals surface area contributed by atoms with Crippen molar-refractivity contribution in [2.24, 2.45) is 0 Å². The lowest BCUT2D eigenvalue weighted by Gasteiger charge is -2.27. The van der Waals surface area contributed by atoms with Gasteiger partial charge in [-0.2, -0.15) is 0 Å². The number of amides is 1. The lowest BCUT2D eigenvalue weighted by Crippen LogP contribution is -2.46. The van der Waals surface area contributed by atoms with E-state index < -0.39 is 28.8 Å². The largest absolute Gasteiger partial charge is 0.467 e. The maximum absolute atomic E-state index is 12.9. The van der Waals surface area contributed by atoms with Gasteiger partial charge in [0.15, 0.2) is 0 Å². The highest BCUT2D eigenvalue weighted by Crippen LogP contribution is 2.29. The van der Waals surface area contributed by atoms with Crippen molar-refractivity contribution in [3.63, 3.8) is 0 Å². The van der Waals surface area contributed by atoms with E-state index in [0.717, 1.165) is 11.1 Å². The predicted molar refractivity (Wildman–Crippen MR) is 111 cm³/mol. The Kier molecular flexibility index (Phi) is 6.54. The van der Waals surface area contributed by atoms with Gasteiger partial charge in [-0.25, -0.2) is 4.79 Å². The third-order valence-corrected chi connectivity index (χ3v) is 4.71. The summed E-state index contributed by atoms with van der Waals surface area (Å²) in [7, 11) is 1.25. The molecule has 0 aliphatic carbocycles. The minimum absolute atomic E-state index is 0.0815. The van der Waals surface area contributed by atoms with Gasteiger partial charge in [0.2, 0.25) is 0 Å². The van der Waals surface area contributed by atoms with Crippen molar-refractivity contribution in [3.8, 4) is 0 Å². The number of hydrogen-bond acceptors (Lipinski definition) is 5. The third kappa shape index (κ3) is 4.70. The molecule has 0 aliphatic rings. The Balaban J connectivity index is 2.01. The molecule has 0 aromatic heterocycles. The van der Waals surface area contributed by atoms with Crippen LogP contribution in [0.15, 0.2) is 84.9 Å². The number of ether oxygens (including phenoxy) is 1. The van der Waals surface area contributed by atoms with Gasteiger partial charge in [-0.15, -0.1) is 0 Å². The van der Waals surface area contributed by atoms with Crippen LogP contribution in [0, 0.1) is 10.1 Å². The molecule has 3 aromatic carbocycles. The molecule has 152 valence electrons. The Bertz CT molecular complexity index is 998. The van der Waals surface area contributed by atoms with Gasteiger partial charge in [0.05, 0.1) is 12.0 Å². The van der Waals surface area contributed by atoms with Crippen LogP contribution in [0.1, 0.15) is 27.4 Å². The quantitative estimate of drug-likeness (QED) is 0.368. The Hall–Kier alpha value is -4.00. The van der Waals surface area contributed by atoms with Gasteiger partial charge in [-0.1, -0.05) is 66.7 Å². The zero-order valence-corrected chi connectivity index (χ0v) is 16.2. The third-order valence-electron chi connectivity index (χ3n) is 4.71. The molecule has 7 heteroatoms. The summed E-state index contributed by atoms with van der Waals surface area (Å²) in [6.45, 7) is 0. The Morgan fingerprint density at radius 2 is 1.47 bits per heavy atom. The first-order valence-corrected chi connectivity index (χ1v) is 9.24. The Labute approximate surface area is 173 Å². The number of nitro groups is 1. The summed E-state index contributed by atoms with van der Waals surface area (Å²) >= 11 is 0. The van der Waals surface area contributed by atoms with E-state index in [9.17, 15) is 19.7 Å². The summed E-state index contributed by atoms with van der Waals surface area (Å²) in [5.41, 5.74) is 1.51. The van der Waals surface area contributed by atoms with Crippen molar-refractivity contribution in [1.82, 2.24) is 5.32 Å². The van der Waals surface area contributed by atoms with Crippen LogP contribution in [-0.2, 0) is 9.53 Å². The fourth-order valence-electron chi connectivity index (χ4n) is 3.29. The number of non-ortho nitro benzene ring substituents is 1. The zero-order chi connectivity index (χ0) is 21.5. The molecule has 30 heavy (non-hydrogen) atoms. The number of carbonyl (C=O) groups excluding carboxylic acids is 2. The van der Waals surface area contributed by atoms with Gasteiger partial charge in [-0.3, -0.25) is 14.9 Å². The summed E-state index contributed by atoms with van der Waals surface area (Å²) in [6.07, 6.45) is 0. The number of nitrogens with zero attached hydrogens (tertiary/aromatic N) is 1. The summed E-state index contributed by atoms with van der Waals surface area (Å²) in [6, 6.07) is 22.9. The molecule has 0 spiro atoms. The lowest BCUT2D eigenvalue weighted by atomic mass is 9.84.